The number of nitrogens with zero attached hydrogens (tertiary/aromatic N) is 3. The molecule has 0 unspecified atom stereocenters. The van der Waals surface area contributed by atoms with Crippen molar-refractivity contribution < 1.29 is 4.79 Å². The highest BCUT2D eigenvalue weighted by atomic mass is 127. The lowest BCUT2D eigenvalue weighted by Crippen LogP contribution is -2.53. The number of nitrogens with one attached hydrogen (secondary N) is 1. The number of aliphatic imine (C=N–C) groups is 1. The van der Waals surface area contributed by atoms with Crippen LogP contribution in [0.4, 0.5) is 0 Å². The smallest absolute Gasteiger partial charge is 0.219 e. The van der Waals surface area contributed by atoms with E-state index >= 15 is 0 Å². The van der Waals surface area contributed by atoms with Gasteiger partial charge in [0.1, 0.15) is 0 Å². The standard InChI is InChI=1S/C16H24N4O.HI/c1-3-17-16(18-13-15-7-5-4-6-8-15)20-11-9-19(10-12-20)14(2)21;/h4-8H,3,9-13H2,1-2H3,(H,17,18);1H. The molecule has 1 saturated heterocycles. The molecule has 0 bridgehead atoms. The van der Waals surface area contributed by atoms with Crippen LogP contribution in [-0.4, -0.2) is 54.4 Å². The molecule has 5 nitrogen and oxygen atoms in total. The topological polar surface area (TPSA) is 47.9 Å². The van der Waals surface area contributed by atoms with Gasteiger partial charge in [0.2, 0.25) is 5.91 Å². The molecular weight excluding hydrogens is 391 g/mol. The van der Waals surface area contributed by atoms with Crippen LogP contribution in [0.1, 0.15) is 19.4 Å². The van der Waals surface area contributed by atoms with E-state index in [4.69, 9.17) is 4.99 Å². The zero-order valence-corrected chi connectivity index (χ0v) is 15.6. The molecule has 1 aromatic rings. The largest absolute Gasteiger partial charge is 0.357 e. The predicted molar refractivity (Wildman–Crippen MR) is 100 cm³/mol. The van der Waals surface area contributed by atoms with Crippen LogP contribution < -0.4 is 5.32 Å². The van der Waals surface area contributed by atoms with Crippen LogP contribution in [-0.2, 0) is 11.3 Å². The molecule has 0 saturated carbocycles. The quantitative estimate of drug-likeness (QED) is 0.466. The Morgan fingerprint density at radius 2 is 1.73 bits per heavy atom. The SMILES string of the molecule is CCNC(=NCc1ccccc1)N1CCN(C(C)=O)CC1.I. The average Bonchev–Trinajstić information content (AvgIpc) is 2.52. The fraction of sp³-hybridized carbons (Fsp3) is 0.500. The van der Waals surface area contributed by atoms with Gasteiger partial charge in [0.05, 0.1) is 6.54 Å². The van der Waals surface area contributed by atoms with Gasteiger partial charge in [-0.2, -0.15) is 0 Å². The fourth-order valence-corrected chi connectivity index (χ4v) is 2.41. The van der Waals surface area contributed by atoms with Crippen LogP contribution in [0.25, 0.3) is 0 Å². The first-order valence-corrected chi connectivity index (χ1v) is 7.53. The molecule has 1 aliphatic heterocycles. The first kappa shape index (κ1) is 18.7. The van der Waals surface area contributed by atoms with Crippen LogP contribution >= 0.6 is 24.0 Å². The lowest BCUT2D eigenvalue weighted by atomic mass is 10.2. The van der Waals surface area contributed by atoms with Crippen LogP contribution in [0, 0.1) is 0 Å². The van der Waals surface area contributed by atoms with Gasteiger partial charge < -0.3 is 15.1 Å². The molecule has 0 aromatic heterocycles. The van der Waals surface area contributed by atoms with Gasteiger partial charge in [-0.05, 0) is 12.5 Å². The third-order valence-electron chi connectivity index (χ3n) is 3.61. The van der Waals surface area contributed by atoms with E-state index in [0.717, 1.165) is 38.7 Å². The number of hydrogen-bond acceptors (Lipinski definition) is 2. The van der Waals surface area contributed by atoms with Gasteiger partial charge >= 0.3 is 0 Å². The van der Waals surface area contributed by atoms with Gasteiger partial charge in [0.15, 0.2) is 5.96 Å². The number of carbonyl (C=O) groups excluding carboxylic acids is 1. The van der Waals surface area contributed by atoms with Crippen molar-refractivity contribution in [3.05, 3.63) is 35.9 Å². The van der Waals surface area contributed by atoms with Crippen molar-refractivity contribution in [1.29, 1.82) is 0 Å². The van der Waals surface area contributed by atoms with Gasteiger partial charge in [-0.25, -0.2) is 4.99 Å². The second kappa shape index (κ2) is 9.66. The van der Waals surface area contributed by atoms with Crippen molar-refractivity contribution >= 4 is 35.8 Å². The first-order chi connectivity index (χ1) is 10.2. The predicted octanol–water partition coefficient (Wildman–Crippen LogP) is 1.93. The highest BCUT2D eigenvalue weighted by molar-refractivity contribution is 14.0. The molecule has 6 heteroatoms. The Bertz CT molecular complexity index is 484. The van der Waals surface area contributed by atoms with Crippen molar-refractivity contribution in [1.82, 2.24) is 15.1 Å². The molecule has 1 aliphatic rings. The minimum Gasteiger partial charge on any atom is -0.357 e. The zero-order chi connectivity index (χ0) is 15.1. The van der Waals surface area contributed by atoms with E-state index in [1.165, 1.54) is 5.56 Å². The monoisotopic (exact) mass is 416 g/mol. The zero-order valence-electron chi connectivity index (χ0n) is 13.3. The van der Waals surface area contributed by atoms with Crippen molar-refractivity contribution in [2.75, 3.05) is 32.7 Å². The Labute approximate surface area is 149 Å². The summed E-state index contributed by atoms with van der Waals surface area (Å²) in [4.78, 5) is 20.2. The summed E-state index contributed by atoms with van der Waals surface area (Å²) >= 11 is 0. The number of halogens is 1. The van der Waals surface area contributed by atoms with Crippen LogP contribution in [0.2, 0.25) is 0 Å². The number of guanidine groups is 1. The summed E-state index contributed by atoms with van der Waals surface area (Å²) < 4.78 is 0. The average molecular weight is 416 g/mol. The molecule has 0 radical (unpaired) electrons. The van der Waals surface area contributed by atoms with Gasteiger partial charge in [-0.1, -0.05) is 30.3 Å². The van der Waals surface area contributed by atoms with Crippen molar-refractivity contribution in [3.8, 4) is 0 Å². The van der Waals surface area contributed by atoms with Crippen molar-refractivity contribution in [2.24, 2.45) is 4.99 Å². The second-order valence-corrected chi connectivity index (χ2v) is 5.15. The molecule has 2 rings (SSSR count). The lowest BCUT2D eigenvalue weighted by Gasteiger charge is -2.36. The van der Waals surface area contributed by atoms with E-state index in [0.29, 0.717) is 6.54 Å². The summed E-state index contributed by atoms with van der Waals surface area (Å²) in [7, 11) is 0. The number of rotatable bonds is 3. The number of amides is 1. The number of carbonyl (C=O) groups is 1. The number of benzene rings is 1. The normalized spacial score (nSPS) is 15.3. The van der Waals surface area contributed by atoms with Crippen LogP contribution in [0.15, 0.2) is 35.3 Å². The van der Waals surface area contributed by atoms with E-state index < -0.39 is 0 Å². The van der Waals surface area contributed by atoms with Crippen molar-refractivity contribution in [2.45, 2.75) is 20.4 Å². The van der Waals surface area contributed by atoms with E-state index in [9.17, 15) is 4.79 Å². The fourth-order valence-electron chi connectivity index (χ4n) is 2.41. The van der Waals surface area contributed by atoms with Crippen molar-refractivity contribution in [3.63, 3.8) is 0 Å². The third-order valence-corrected chi connectivity index (χ3v) is 3.61. The van der Waals surface area contributed by atoms with Crippen LogP contribution in [0.3, 0.4) is 0 Å². The summed E-state index contributed by atoms with van der Waals surface area (Å²) in [5.41, 5.74) is 1.20. The highest BCUT2D eigenvalue weighted by Gasteiger charge is 2.20. The summed E-state index contributed by atoms with van der Waals surface area (Å²) in [5.74, 6) is 1.09. The molecule has 0 aliphatic carbocycles. The first-order valence-electron chi connectivity index (χ1n) is 7.53. The minimum absolute atomic E-state index is 0. The Hall–Kier alpha value is -1.31. The maximum atomic E-state index is 11.4. The van der Waals surface area contributed by atoms with Gasteiger partial charge in [0.25, 0.3) is 0 Å². The summed E-state index contributed by atoms with van der Waals surface area (Å²) in [6.07, 6.45) is 0. The van der Waals surface area contributed by atoms with E-state index in [1.807, 2.05) is 23.1 Å². The highest BCUT2D eigenvalue weighted by Crippen LogP contribution is 2.05. The Balaban J connectivity index is 0.00000242. The van der Waals surface area contributed by atoms with E-state index in [1.54, 1.807) is 6.92 Å². The molecule has 0 atom stereocenters. The lowest BCUT2D eigenvalue weighted by molar-refractivity contribution is -0.130. The Kier molecular flexibility index (Phi) is 8.22. The maximum absolute atomic E-state index is 11.4. The molecule has 1 heterocycles. The van der Waals surface area contributed by atoms with E-state index in [2.05, 4.69) is 29.3 Å². The van der Waals surface area contributed by atoms with Crippen LogP contribution in [0.5, 0.6) is 0 Å². The summed E-state index contributed by atoms with van der Waals surface area (Å²) in [6.45, 7) is 8.43. The Morgan fingerprint density at radius 1 is 1.14 bits per heavy atom. The molecule has 1 aromatic carbocycles. The second-order valence-electron chi connectivity index (χ2n) is 5.15. The van der Waals surface area contributed by atoms with Gasteiger partial charge in [0, 0.05) is 39.6 Å². The Morgan fingerprint density at radius 3 is 2.27 bits per heavy atom. The molecule has 22 heavy (non-hydrogen) atoms. The molecule has 1 amide bonds. The van der Waals surface area contributed by atoms with Gasteiger partial charge in [-0.3, -0.25) is 4.79 Å². The molecule has 1 fully saturated rings. The molecule has 122 valence electrons. The third kappa shape index (κ3) is 5.47. The number of hydrogen-bond donors (Lipinski definition) is 1. The maximum Gasteiger partial charge on any atom is 0.219 e. The minimum atomic E-state index is 0. The number of piperazine rings is 1. The summed E-state index contributed by atoms with van der Waals surface area (Å²) in [5, 5.41) is 3.34. The molecule has 1 N–H and O–H groups in total. The molecular formula is C16H25IN4O. The van der Waals surface area contributed by atoms with Gasteiger partial charge in [-0.15, -0.1) is 24.0 Å². The summed E-state index contributed by atoms with van der Waals surface area (Å²) in [6, 6.07) is 10.2. The molecule has 0 spiro atoms. The van der Waals surface area contributed by atoms with E-state index in [-0.39, 0.29) is 29.9 Å².